The minimum absolute atomic E-state index is 0.0447. The Hall–Kier alpha value is -1.82. The van der Waals surface area contributed by atoms with Crippen molar-refractivity contribution in [1.29, 1.82) is 0 Å². The van der Waals surface area contributed by atoms with Crippen molar-refractivity contribution in [3.05, 3.63) is 35.7 Å². The number of fused-ring (bicyclic) bond motifs is 1. The van der Waals surface area contributed by atoms with Crippen LogP contribution in [0.5, 0.6) is 0 Å². The van der Waals surface area contributed by atoms with E-state index in [-0.39, 0.29) is 17.1 Å². The van der Waals surface area contributed by atoms with Crippen molar-refractivity contribution in [2.45, 2.75) is 62.4 Å². The molecule has 0 spiro atoms. The second kappa shape index (κ2) is 6.83. The predicted molar refractivity (Wildman–Crippen MR) is 99.9 cm³/mol. The summed E-state index contributed by atoms with van der Waals surface area (Å²) in [7, 11) is 0. The quantitative estimate of drug-likeness (QED) is 0.799. The number of aromatic nitrogens is 3. The molecule has 1 fully saturated rings. The van der Waals surface area contributed by atoms with Crippen LogP contribution in [0.4, 0.5) is 5.69 Å². The van der Waals surface area contributed by atoms with Gasteiger partial charge in [0.05, 0.1) is 5.25 Å². The number of thioether (sulfide) groups is 1. The maximum absolute atomic E-state index is 12.9. The number of carbonyl (C=O) groups excluding carboxylic acids is 1. The standard InChI is InChI=1S/C19H24N4OS/c1-12(2)17(25-19-22-20-11-23(19)16-8-9-16)18(24)21-15-7-6-13-4-3-5-14(13)10-15/h6-7,10-12,16-17H,3-5,8-9H2,1-2H3,(H,21,24). The fourth-order valence-electron chi connectivity index (χ4n) is 3.39. The highest BCUT2D eigenvalue weighted by molar-refractivity contribution is 8.00. The molecule has 25 heavy (non-hydrogen) atoms. The first-order valence-corrected chi connectivity index (χ1v) is 9.98. The number of nitrogens with zero attached hydrogens (tertiary/aromatic N) is 3. The van der Waals surface area contributed by atoms with E-state index in [0.717, 1.165) is 23.7 Å². The fourth-order valence-corrected chi connectivity index (χ4v) is 4.47. The molecule has 6 heteroatoms. The molecule has 2 aliphatic carbocycles. The first-order valence-electron chi connectivity index (χ1n) is 9.10. The third-order valence-corrected chi connectivity index (χ3v) is 6.46. The van der Waals surface area contributed by atoms with E-state index in [2.05, 4.69) is 46.1 Å². The number of carbonyl (C=O) groups is 1. The molecule has 132 valence electrons. The maximum atomic E-state index is 12.9. The number of hydrogen-bond donors (Lipinski definition) is 1. The zero-order chi connectivity index (χ0) is 17.4. The second-order valence-electron chi connectivity index (χ2n) is 7.36. The Morgan fingerprint density at radius 3 is 2.84 bits per heavy atom. The predicted octanol–water partition coefficient (Wildman–Crippen LogP) is 3.86. The highest BCUT2D eigenvalue weighted by atomic mass is 32.2. The number of amides is 1. The zero-order valence-corrected chi connectivity index (χ0v) is 15.6. The summed E-state index contributed by atoms with van der Waals surface area (Å²) in [5.41, 5.74) is 3.70. The number of benzene rings is 1. The van der Waals surface area contributed by atoms with Gasteiger partial charge >= 0.3 is 0 Å². The first kappa shape index (κ1) is 16.6. The second-order valence-corrected chi connectivity index (χ2v) is 8.47. The molecule has 1 atom stereocenters. The van der Waals surface area contributed by atoms with Gasteiger partial charge in [-0.3, -0.25) is 4.79 Å². The van der Waals surface area contributed by atoms with E-state index >= 15 is 0 Å². The molecular formula is C19H24N4OS. The molecule has 1 saturated carbocycles. The van der Waals surface area contributed by atoms with Gasteiger partial charge in [0.15, 0.2) is 5.16 Å². The summed E-state index contributed by atoms with van der Waals surface area (Å²) in [6.07, 6.45) is 7.64. The molecule has 0 saturated heterocycles. The number of nitrogens with one attached hydrogen (secondary N) is 1. The third-order valence-electron chi connectivity index (χ3n) is 4.94. The van der Waals surface area contributed by atoms with Crippen LogP contribution in [-0.4, -0.2) is 25.9 Å². The van der Waals surface area contributed by atoms with Crippen molar-refractivity contribution in [3.63, 3.8) is 0 Å². The van der Waals surface area contributed by atoms with Crippen LogP contribution in [0.15, 0.2) is 29.7 Å². The molecule has 1 N–H and O–H groups in total. The molecule has 1 heterocycles. The van der Waals surface area contributed by atoms with Crippen LogP contribution in [-0.2, 0) is 17.6 Å². The third kappa shape index (κ3) is 3.59. The Morgan fingerprint density at radius 1 is 1.28 bits per heavy atom. The van der Waals surface area contributed by atoms with Crippen LogP contribution >= 0.6 is 11.8 Å². The molecule has 1 aromatic carbocycles. The van der Waals surface area contributed by atoms with Crippen molar-refractivity contribution in [1.82, 2.24) is 14.8 Å². The van der Waals surface area contributed by atoms with Gasteiger partial charge < -0.3 is 9.88 Å². The summed E-state index contributed by atoms with van der Waals surface area (Å²) >= 11 is 1.53. The SMILES string of the molecule is CC(C)C(Sc1nncn1C1CC1)C(=O)Nc1ccc2c(c1)CCC2. The molecule has 1 unspecified atom stereocenters. The van der Waals surface area contributed by atoms with Crippen LogP contribution in [0.25, 0.3) is 0 Å². The molecule has 1 amide bonds. The number of anilines is 1. The van der Waals surface area contributed by atoms with Crippen molar-refractivity contribution in [2.24, 2.45) is 5.92 Å². The fraction of sp³-hybridized carbons (Fsp3) is 0.526. The van der Waals surface area contributed by atoms with E-state index in [1.54, 1.807) is 6.33 Å². The Morgan fingerprint density at radius 2 is 2.08 bits per heavy atom. The van der Waals surface area contributed by atoms with Gasteiger partial charge in [0.2, 0.25) is 5.91 Å². The van der Waals surface area contributed by atoms with Crippen LogP contribution in [0.2, 0.25) is 0 Å². The van der Waals surface area contributed by atoms with Gasteiger partial charge in [-0.1, -0.05) is 31.7 Å². The van der Waals surface area contributed by atoms with Crippen LogP contribution in [0.1, 0.15) is 50.3 Å². The van der Waals surface area contributed by atoms with Gasteiger partial charge in [-0.15, -0.1) is 10.2 Å². The van der Waals surface area contributed by atoms with Gasteiger partial charge in [-0.2, -0.15) is 0 Å². The summed E-state index contributed by atoms with van der Waals surface area (Å²) in [5, 5.41) is 12.1. The largest absolute Gasteiger partial charge is 0.325 e. The zero-order valence-electron chi connectivity index (χ0n) is 14.7. The monoisotopic (exact) mass is 356 g/mol. The summed E-state index contributed by atoms with van der Waals surface area (Å²) in [6.45, 7) is 4.16. The van der Waals surface area contributed by atoms with Crippen molar-refractivity contribution >= 4 is 23.4 Å². The van der Waals surface area contributed by atoms with Crippen molar-refractivity contribution in [2.75, 3.05) is 5.32 Å². The van der Waals surface area contributed by atoms with Crippen molar-refractivity contribution < 1.29 is 4.79 Å². The van der Waals surface area contributed by atoms with Gasteiger partial charge in [-0.25, -0.2) is 0 Å². The summed E-state index contributed by atoms with van der Waals surface area (Å²) in [4.78, 5) is 12.9. The average Bonchev–Trinajstić information content (AvgIpc) is 3.14. The molecule has 2 aliphatic rings. The van der Waals surface area contributed by atoms with Gasteiger partial charge in [0, 0.05) is 11.7 Å². The Labute approximate surface area is 152 Å². The highest BCUT2D eigenvalue weighted by Gasteiger charge is 2.30. The molecule has 0 bridgehead atoms. The minimum Gasteiger partial charge on any atom is -0.325 e. The van der Waals surface area contributed by atoms with Gasteiger partial charge in [0.25, 0.3) is 0 Å². The minimum atomic E-state index is -0.185. The summed E-state index contributed by atoms with van der Waals surface area (Å²) < 4.78 is 2.11. The van der Waals surface area contributed by atoms with E-state index in [9.17, 15) is 4.79 Å². The van der Waals surface area contributed by atoms with Crippen LogP contribution in [0, 0.1) is 5.92 Å². The van der Waals surface area contributed by atoms with Crippen LogP contribution in [0.3, 0.4) is 0 Å². The Balaban J connectivity index is 1.48. The van der Waals surface area contributed by atoms with Crippen LogP contribution < -0.4 is 5.32 Å². The molecule has 2 aromatic rings. The number of aryl methyl sites for hydroxylation is 2. The van der Waals surface area contributed by atoms with E-state index in [1.165, 1.54) is 42.2 Å². The molecule has 1 aromatic heterocycles. The topological polar surface area (TPSA) is 59.8 Å². The van der Waals surface area contributed by atoms with E-state index < -0.39 is 0 Å². The number of rotatable bonds is 6. The normalized spacial score (nSPS) is 17.6. The lowest BCUT2D eigenvalue weighted by molar-refractivity contribution is -0.116. The van der Waals surface area contributed by atoms with Gasteiger partial charge in [0.1, 0.15) is 6.33 Å². The number of hydrogen-bond acceptors (Lipinski definition) is 4. The van der Waals surface area contributed by atoms with E-state index in [1.807, 2.05) is 6.07 Å². The summed E-state index contributed by atoms with van der Waals surface area (Å²) in [5.74, 6) is 0.257. The molecular weight excluding hydrogens is 332 g/mol. The first-order chi connectivity index (χ1) is 12.1. The van der Waals surface area contributed by atoms with E-state index in [0.29, 0.717) is 6.04 Å². The highest BCUT2D eigenvalue weighted by Crippen LogP contribution is 2.39. The lowest BCUT2D eigenvalue weighted by Gasteiger charge is -2.20. The Kier molecular flexibility index (Phi) is 4.54. The lowest BCUT2D eigenvalue weighted by atomic mass is 10.1. The maximum Gasteiger partial charge on any atom is 0.238 e. The Bertz CT molecular complexity index is 781. The smallest absolute Gasteiger partial charge is 0.238 e. The average molecular weight is 356 g/mol. The van der Waals surface area contributed by atoms with E-state index in [4.69, 9.17) is 0 Å². The van der Waals surface area contributed by atoms with Gasteiger partial charge in [-0.05, 0) is 61.3 Å². The molecule has 0 radical (unpaired) electrons. The molecule has 0 aliphatic heterocycles. The molecule has 4 rings (SSSR count). The van der Waals surface area contributed by atoms with Crippen molar-refractivity contribution in [3.8, 4) is 0 Å². The lowest BCUT2D eigenvalue weighted by Crippen LogP contribution is -2.30. The summed E-state index contributed by atoms with van der Waals surface area (Å²) in [6, 6.07) is 6.83. The molecule has 5 nitrogen and oxygen atoms in total.